The van der Waals surface area contributed by atoms with Gasteiger partial charge >= 0.3 is 0 Å². The molecule has 0 spiro atoms. The molecule has 9 heteroatoms. The molecule has 0 radical (unpaired) electrons. The second-order valence-electron chi connectivity index (χ2n) is 5.69. The minimum Gasteiger partial charge on any atom is -0.397 e. The van der Waals surface area contributed by atoms with Gasteiger partial charge in [0.05, 0.1) is 36.5 Å². The zero-order valence-electron chi connectivity index (χ0n) is 13.6. The molecule has 0 saturated carbocycles. The normalized spacial score (nSPS) is 14.9. The quantitative estimate of drug-likeness (QED) is 0.450. The van der Waals surface area contributed by atoms with Crippen LogP contribution in [0.5, 0.6) is 0 Å². The zero-order valence-corrected chi connectivity index (χ0v) is 13.6. The first-order valence-corrected chi connectivity index (χ1v) is 7.91. The topological polar surface area (TPSA) is 125 Å². The van der Waals surface area contributed by atoms with Crippen LogP contribution in [0.25, 0.3) is 0 Å². The lowest BCUT2D eigenvalue weighted by Crippen LogP contribution is -2.35. The Bertz CT molecular complexity index is 754. The number of carbonyl (C=O) groups is 2. The van der Waals surface area contributed by atoms with Crippen LogP contribution in [0.15, 0.2) is 24.4 Å². The van der Waals surface area contributed by atoms with Crippen LogP contribution in [0.3, 0.4) is 0 Å². The Morgan fingerprint density at radius 1 is 1.36 bits per heavy atom. The Kier molecular flexibility index (Phi) is 5.26. The van der Waals surface area contributed by atoms with Gasteiger partial charge in [-0.25, -0.2) is 0 Å². The van der Waals surface area contributed by atoms with Crippen molar-refractivity contribution >= 4 is 29.4 Å². The summed E-state index contributed by atoms with van der Waals surface area (Å²) in [7, 11) is 0. The monoisotopic (exact) mass is 344 g/mol. The Morgan fingerprint density at radius 3 is 2.92 bits per heavy atom. The van der Waals surface area contributed by atoms with Crippen molar-refractivity contribution < 1.29 is 14.3 Å². The van der Waals surface area contributed by atoms with Crippen molar-refractivity contribution in [2.45, 2.75) is 6.54 Å². The first kappa shape index (κ1) is 16.9. The fourth-order valence-corrected chi connectivity index (χ4v) is 2.64. The van der Waals surface area contributed by atoms with E-state index in [1.807, 2.05) is 12.1 Å². The van der Waals surface area contributed by atoms with Crippen molar-refractivity contribution in [3.8, 4) is 0 Å². The summed E-state index contributed by atoms with van der Waals surface area (Å²) in [5.74, 6) is -0.433. The van der Waals surface area contributed by atoms with Gasteiger partial charge in [0.1, 0.15) is 5.69 Å². The number of carbonyl (C=O) groups excluding carboxylic acids is 2. The summed E-state index contributed by atoms with van der Waals surface area (Å²) >= 11 is 0. The molecule has 1 aliphatic rings. The number of anilines is 3. The Labute approximate surface area is 144 Å². The second kappa shape index (κ2) is 7.77. The van der Waals surface area contributed by atoms with E-state index in [1.165, 1.54) is 6.20 Å². The lowest BCUT2D eigenvalue weighted by Gasteiger charge is -2.26. The fourth-order valence-electron chi connectivity index (χ4n) is 2.64. The smallest absolute Gasteiger partial charge is 0.275 e. The summed E-state index contributed by atoms with van der Waals surface area (Å²) < 4.78 is 5.35. The third-order valence-electron chi connectivity index (χ3n) is 3.96. The van der Waals surface area contributed by atoms with Crippen LogP contribution in [-0.2, 0) is 16.1 Å². The van der Waals surface area contributed by atoms with Crippen molar-refractivity contribution in [1.29, 1.82) is 0 Å². The van der Waals surface area contributed by atoms with E-state index in [0.717, 1.165) is 38.4 Å². The third kappa shape index (κ3) is 4.14. The van der Waals surface area contributed by atoms with E-state index in [0.29, 0.717) is 23.5 Å². The van der Waals surface area contributed by atoms with Crippen LogP contribution in [0, 0.1) is 0 Å². The van der Waals surface area contributed by atoms with Gasteiger partial charge in [0.25, 0.3) is 5.91 Å². The molecule has 0 atom stereocenters. The molecule has 132 valence electrons. The molecule has 0 aliphatic carbocycles. The Balaban J connectivity index is 1.72. The number of nitrogen functional groups attached to an aromatic ring is 1. The maximum atomic E-state index is 12.4. The van der Waals surface area contributed by atoms with Gasteiger partial charge < -0.3 is 21.1 Å². The number of aromatic amines is 1. The number of nitrogens with two attached hydrogens (primary N) is 1. The van der Waals surface area contributed by atoms with Crippen molar-refractivity contribution in [1.82, 2.24) is 15.1 Å². The lowest BCUT2D eigenvalue weighted by molar-refractivity contribution is -0.105. The number of benzene rings is 1. The molecule has 25 heavy (non-hydrogen) atoms. The van der Waals surface area contributed by atoms with Gasteiger partial charge in [0.15, 0.2) is 0 Å². The van der Waals surface area contributed by atoms with E-state index in [-0.39, 0.29) is 5.69 Å². The van der Waals surface area contributed by atoms with Crippen molar-refractivity contribution in [3.05, 3.63) is 35.7 Å². The average Bonchev–Trinajstić information content (AvgIpc) is 3.07. The van der Waals surface area contributed by atoms with E-state index in [4.69, 9.17) is 10.5 Å². The van der Waals surface area contributed by atoms with Crippen molar-refractivity contribution in [3.63, 3.8) is 0 Å². The van der Waals surface area contributed by atoms with Crippen LogP contribution < -0.4 is 16.4 Å². The van der Waals surface area contributed by atoms with Crippen LogP contribution >= 0.6 is 0 Å². The maximum Gasteiger partial charge on any atom is 0.275 e. The minimum atomic E-state index is -0.433. The molecule has 5 N–H and O–H groups in total. The average molecular weight is 344 g/mol. The molecule has 3 rings (SSSR count). The summed E-state index contributed by atoms with van der Waals surface area (Å²) in [6.45, 7) is 3.96. The number of morpholine rings is 1. The Morgan fingerprint density at radius 2 is 2.16 bits per heavy atom. The largest absolute Gasteiger partial charge is 0.397 e. The van der Waals surface area contributed by atoms with Crippen molar-refractivity contribution in [2.75, 3.05) is 42.7 Å². The number of hydrogen-bond acceptors (Lipinski definition) is 6. The van der Waals surface area contributed by atoms with Crippen molar-refractivity contribution in [2.24, 2.45) is 0 Å². The number of nitrogens with zero attached hydrogens (tertiary/aromatic N) is 2. The molecule has 2 aromatic rings. The summed E-state index contributed by atoms with van der Waals surface area (Å²) in [4.78, 5) is 25.3. The van der Waals surface area contributed by atoms with Gasteiger partial charge in [-0.3, -0.25) is 19.6 Å². The van der Waals surface area contributed by atoms with E-state index in [2.05, 4.69) is 25.7 Å². The predicted octanol–water partition coefficient (Wildman–Crippen LogP) is 0.645. The number of aromatic nitrogens is 2. The molecule has 0 bridgehead atoms. The molecule has 1 saturated heterocycles. The molecule has 1 aromatic carbocycles. The highest BCUT2D eigenvalue weighted by atomic mass is 16.5. The van der Waals surface area contributed by atoms with E-state index >= 15 is 0 Å². The molecule has 1 aromatic heterocycles. The molecular formula is C16H20N6O3. The SMILES string of the molecule is Nc1ccc(CN2CCOCC2)cc1NC(=O)c1[nH]ncc1NC=O. The molecular weight excluding hydrogens is 324 g/mol. The first-order chi connectivity index (χ1) is 12.2. The second-order valence-corrected chi connectivity index (χ2v) is 5.69. The maximum absolute atomic E-state index is 12.4. The fraction of sp³-hybridized carbons (Fsp3) is 0.312. The number of hydrogen-bond donors (Lipinski definition) is 4. The molecule has 1 fully saturated rings. The van der Waals surface area contributed by atoms with E-state index in [1.54, 1.807) is 6.07 Å². The van der Waals surface area contributed by atoms with Gasteiger partial charge in [-0.2, -0.15) is 5.10 Å². The first-order valence-electron chi connectivity index (χ1n) is 7.91. The molecule has 9 nitrogen and oxygen atoms in total. The number of ether oxygens (including phenoxy) is 1. The highest BCUT2D eigenvalue weighted by Gasteiger charge is 2.16. The zero-order chi connectivity index (χ0) is 17.6. The highest BCUT2D eigenvalue weighted by Crippen LogP contribution is 2.23. The summed E-state index contributed by atoms with van der Waals surface area (Å²) in [6, 6.07) is 5.56. The van der Waals surface area contributed by atoms with Gasteiger partial charge in [-0.15, -0.1) is 0 Å². The van der Waals surface area contributed by atoms with Gasteiger partial charge in [-0.1, -0.05) is 6.07 Å². The van der Waals surface area contributed by atoms with E-state index in [9.17, 15) is 9.59 Å². The van der Waals surface area contributed by atoms with Crippen LogP contribution in [0.2, 0.25) is 0 Å². The van der Waals surface area contributed by atoms with Crippen LogP contribution in [0.1, 0.15) is 16.1 Å². The summed E-state index contributed by atoms with van der Waals surface area (Å²) in [5.41, 5.74) is 8.46. The molecule has 0 unspecified atom stereocenters. The predicted molar refractivity (Wildman–Crippen MR) is 93.2 cm³/mol. The number of H-pyrrole nitrogens is 1. The standard InChI is InChI=1S/C16H20N6O3/c17-12-2-1-11(9-22-3-5-25-6-4-22)7-13(12)20-16(24)15-14(18-10-23)8-19-21-15/h1-2,7-8,10H,3-6,9,17H2,(H,18,23)(H,19,21)(H,20,24). The van der Waals surface area contributed by atoms with Gasteiger partial charge in [-0.05, 0) is 17.7 Å². The summed E-state index contributed by atoms with van der Waals surface area (Å²) in [6.07, 6.45) is 1.85. The minimum absolute atomic E-state index is 0.157. The number of rotatable bonds is 6. The van der Waals surface area contributed by atoms with Crippen LogP contribution in [0.4, 0.5) is 17.1 Å². The Hall–Kier alpha value is -2.91. The lowest BCUT2D eigenvalue weighted by atomic mass is 10.1. The molecule has 1 aliphatic heterocycles. The van der Waals surface area contributed by atoms with Gasteiger partial charge in [0, 0.05) is 19.6 Å². The third-order valence-corrected chi connectivity index (χ3v) is 3.96. The number of nitrogens with one attached hydrogen (secondary N) is 3. The summed E-state index contributed by atoms with van der Waals surface area (Å²) in [5, 5.41) is 11.5. The highest BCUT2D eigenvalue weighted by molar-refractivity contribution is 6.08. The van der Waals surface area contributed by atoms with Crippen LogP contribution in [-0.4, -0.2) is 53.7 Å². The number of amides is 2. The van der Waals surface area contributed by atoms with Gasteiger partial charge in [0.2, 0.25) is 6.41 Å². The molecule has 2 amide bonds. The van der Waals surface area contributed by atoms with E-state index < -0.39 is 5.91 Å². The molecule has 2 heterocycles.